The van der Waals surface area contributed by atoms with Gasteiger partial charge in [0.25, 0.3) is 5.91 Å². The summed E-state index contributed by atoms with van der Waals surface area (Å²) in [5.41, 5.74) is 3.04. The maximum Gasteiger partial charge on any atom is 0.277 e. The Morgan fingerprint density at radius 3 is 2.67 bits per heavy atom. The van der Waals surface area contributed by atoms with Gasteiger partial charge in [0.15, 0.2) is 0 Å². The third-order valence-corrected chi connectivity index (χ3v) is 3.61. The van der Waals surface area contributed by atoms with Crippen molar-refractivity contribution in [3.63, 3.8) is 0 Å². The van der Waals surface area contributed by atoms with E-state index < -0.39 is 0 Å². The summed E-state index contributed by atoms with van der Waals surface area (Å²) >= 11 is 0. The Bertz CT molecular complexity index is 752. The van der Waals surface area contributed by atoms with E-state index in [-0.39, 0.29) is 11.7 Å². The Balaban J connectivity index is 2.11. The molecular formula is C17H15FN2O. The van der Waals surface area contributed by atoms with Crippen LogP contribution in [0.1, 0.15) is 18.1 Å². The Labute approximate surface area is 122 Å². The highest BCUT2D eigenvalue weighted by molar-refractivity contribution is 6.54. The lowest BCUT2D eigenvalue weighted by Crippen LogP contribution is -2.29. The molecule has 2 aromatic carbocycles. The van der Waals surface area contributed by atoms with Gasteiger partial charge in [0.05, 0.1) is 11.4 Å². The number of aryl methyl sites for hydroxylation is 1. The molecule has 0 saturated carbocycles. The van der Waals surface area contributed by atoms with Gasteiger partial charge in [0.1, 0.15) is 11.5 Å². The van der Waals surface area contributed by atoms with Crippen molar-refractivity contribution in [1.82, 2.24) is 0 Å². The SMILES string of the molecule is CCN1C(=O)C(=Nc2ccc(C)c(F)c2)c2ccccc21. The molecular weight excluding hydrogens is 267 g/mol. The summed E-state index contributed by atoms with van der Waals surface area (Å²) in [6, 6.07) is 12.3. The molecule has 0 aromatic heterocycles. The number of hydrogen-bond donors (Lipinski definition) is 0. The van der Waals surface area contributed by atoms with Gasteiger partial charge >= 0.3 is 0 Å². The van der Waals surface area contributed by atoms with Crippen molar-refractivity contribution in [3.05, 3.63) is 59.4 Å². The van der Waals surface area contributed by atoms with Crippen molar-refractivity contribution in [2.24, 2.45) is 4.99 Å². The largest absolute Gasteiger partial charge is 0.307 e. The second-order valence-corrected chi connectivity index (χ2v) is 4.96. The van der Waals surface area contributed by atoms with Crippen LogP contribution in [-0.4, -0.2) is 18.2 Å². The predicted octanol–water partition coefficient (Wildman–Crippen LogP) is 3.62. The van der Waals surface area contributed by atoms with Crippen molar-refractivity contribution in [1.29, 1.82) is 0 Å². The van der Waals surface area contributed by atoms with Crippen molar-refractivity contribution in [3.8, 4) is 0 Å². The molecule has 106 valence electrons. The van der Waals surface area contributed by atoms with Gasteiger partial charge in [-0.15, -0.1) is 0 Å². The van der Waals surface area contributed by atoms with Gasteiger partial charge in [0, 0.05) is 12.1 Å². The molecule has 0 saturated heterocycles. The number of likely N-dealkylation sites (N-methyl/N-ethyl adjacent to an activating group) is 1. The number of halogens is 1. The molecule has 0 spiro atoms. The summed E-state index contributed by atoms with van der Waals surface area (Å²) in [5.74, 6) is -0.456. The second kappa shape index (κ2) is 5.13. The van der Waals surface area contributed by atoms with E-state index in [4.69, 9.17) is 0 Å². The average Bonchev–Trinajstić information content (AvgIpc) is 2.75. The van der Waals surface area contributed by atoms with Crippen LogP contribution in [-0.2, 0) is 4.79 Å². The van der Waals surface area contributed by atoms with Crippen LogP contribution in [0.15, 0.2) is 47.5 Å². The van der Waals surface area contributed by atoms with Crippen LogP contribution in [0.25, 0.3) is 0 Å². The lowest BCUT2D eigenvalue weighted by atomic mass is 10.1. The molecule has 1 heterocycles. The number of anilines is 1. The van der Waals surface area contributed by atoms with E-state index in [2.05, 4.69) is 4.99 Å². The molecule has 0 N–H and O–H groups in total. The summed E-state index contributed by atoms with van der Waals surface area (Å²) in [7, 11) is 0. The number of fused-ring (bicyclic) bond motifs is 1. The first-order chi connectivity index (χ1) is 10.1. The van der Waals surface area contributed by atoms with Gasteiger partial charge < -0.3 is 4.90 Å². The number of rotatable bonds is 2. The van der Waals surface area contributed by atoms with Crippen molar-refractivity contribution in [2.45, 2.75) is 13.8 Å². The van der Waals surface area contributed by atoms with E-state index >= 15 is 0 Å². The van der Waals surface area contributed by atoms with E-state index in [0.717, 1.165) is 11.3 Å². The Kier molecular flexibility index (Phi) is 3.29. The molecule has 1 aliphatic heterocycles. The second-order valence-electron chi connectivity index (χ2n) is 4.96. The molecule has 4 heteroatoms. The first-order valence-corrected chi connectivity index (χ1v) is 6.88. The standard InChI is InChI=1S/C17H15FN2O/c1-3-20-15-7-5-4-6-13(15)16(17(20)21)19-12-9-8-11(2)14(18)10-12/h4-10H,3H2,1-2H3. The van der Waals surface area contributed by atoms with Gasteiger partial charge in [-0.2, -0.15) is 0 Å². The molecule has 21 heavy (non-hydrogen) atoms. The van der Waals surface area contributed by atoms with E-state index in [9.17, 15) is 9.18 Å². The van der Waals surface area contributed by atoms with Crippen LogP contribution in [0.5, 0.6) is 0 Å². The highest BCUT2D eigenvalue weighted by Gasteiger charge is 2.32. The summed E-state index contributed by atoms with van der Waals surface area (Å²) < 4.78 is 13.6. The molecule has 0 radical (unpaired) electrons. The molecule has 1 amide bonds. The van der Waals surface area contributed by atoms with Gasteiger partial charge in [-0.05, 0) is 37.6 Å². The van der Waals surface area contributed by atoms with Crippen LogP contribution in [0.3, 0.4) is 0 Å². The van der Waals surface area contributed by atoms with Crippen molar-refractivity contribution < 1.29 is 9.18 Å². The number of amides is 1. The van der Waals surface area contributed by atoms with Crippen LogP contribution in [0.2, 0.25) is 0 Å². The first-order valence-electron chi connectivity index (χ1n) is 6.88. The minimum Gasteiger partial charge on any atom is -0.307 e. The monoisotopic (exact) mass is 282 g/mol. The number of hydrogen-bond acceptors (Lipinski definition) is 2. The number of carbonyl (C=O) groups is 1. The molecule has 0 aliphatic carbocycles. The summed E-state index contributed by atoms with van der Waals surface area (Å²) in [5, 5.41) is 0. The fourth-order valence-corrected chi connectivity index (χ4v) is 2.46. The predicted molar refractivity (Wildman–Crippen MR) is 81.8 cm³/mol. The highest BCUT2D eigenvalue weighted by Crippen LogP contribution is 2.30. The minimum absolute atomic E-state index is 0.139. The van der Waals surface area contributed by atoms with Crippen LogP contribution < -0.4 is 4.90 Å². The molecule has 2 aromatic rings. The van der Waals surface area contributed by atoms with E-state index in [1.54, 1.807) is 24.0 Å². The zero-order valence-electron chi connectivity index (χ0n) is 11.9. The molecule has 0 atom stereocenters. The normalized spacial score (nSPS) is 15.7. The third kappa shape index (κ3) is 2.23. The number of nitrogens with zero attached hydrogens (tertiary/aromatic N) is 2. The van der Waals surface area contributed by atoms with E-state index in [1.807, 2.05) is 31.2 Å². The Morgan fingerprint density at radius 2 is 1.95 bits per heavy atom. The average molecular weight is 282 g/mol. The zero-order chi connectivity index (χ0) is 15.0. The molecule has 1 aliphatic rings. The molecule has 0 unspecified atom stereocenters. The molecule has 0 fully saturated rings. The molecule has 3 nitrogen and oxygen atoms in total. The third-order valence-electron chi connectivity index (χ3n) is 3.61. The number of benzene rings is 2. The maximum absolute atomic E-state index is 13.6. The lowest BCUT2D eigenvalue weighted by Gasteiger charge is -2.12. The Hall–Kier alpha value is -2.49. The number of carbonyl (C=O) groups excluding carboxylic acids is 1. The number of para-hydroxylation sites is 1. The van der Waals surface area contributed by atoms with Gasteiger partial charge in [0.2, 0.25) is 0 Å². The summed E-state index contributed by atoms with van der Waals surface area (Å²) in [6.45, 7) is 4.20. The quantitative estimate of drug-likeness (QED) is 0.828. The van der Waals surface area contributed by atoms with Crippen molar-refractivity contribution in [2.75, 3.05) is 11.4 Å². The minimum atomic E-state index is -0.317. The number of aliphatic imine (C=N–C) groups is 1. The molecule has 0 bridgehead atoms. The molecule has 3 rings (SSSR count). The summed E-state index contributed by atoms with van der Waals surface area (Å²) in [6.07, 6.45) is 0. The first kappa shape index (κ1) is 13.5. The smallest absolute Gasteiger partial charge is 0.277 e. The van der Waals surface area contributed by atoms with Gasteiger partial charge in [-0.25, -0.2) is 9.38 Å². The topological polar surface area (TPSA) is 32.7 Å². The van der Waals surface area contributed by atoms with Crippen LogP contribution in [0, 0.1) is 12.7 Å². The zero-order valence-corrected chi connectivity index (χ0v) is 11.9. The van der Waals surface area contributed by atoms with Gasteiger partial charge in [-0.3, -0.25) is 4.79 Å². The Morgan fingerprint density at radius 1 is 1.19 bits per heavy atom. The van der Waals surface area contributed by atoms with Crippen LogP contribution >= 0.6 is 0 Å². The fourth-order valence-electron chi connectivity index (χ4n) is 2.46. The van der Waals surface area contributed by atoms with E-state index in [1.165, 1.54) is 6.07 Å². The lowest BCUT2D eigenvalue weighted by molar-refractivity contribution is -0.112. The van der Waals surface area contributed by atoms with E-state index in [0.29, 0.717) is 23.5 Å². The maximum atomic E-state index is 13.6. The fraction of sp³-hybridized carbons (Fsp3) is 0.176. The highest BCUT2D eigenvalue weighted by atomic mass is 19.1. The van der Waals surface area contributed by atoms with Crippen molar-refractivity contribution >= 4 is 23.0 Å². The van der Waals surface area contributed by atoms with Gasteiger partial charge in [-0.1, -0.05) is 24.3 Å². The van der Waals surface area contributed by atoms with Crippen LogP contribution in [0.4, 0.5) is 15.8 Å². The summed E-state index contributed by atoms with van der Waals surface area (Å²) in [4.78, 5) is 18.5.